The van der Waals surface area contributed by atoms with E-state index in [0.29, 0.717) is 18.7 Å². The molecule has 1 aliphatic heterocycles. The Bertz CT molecular complexity index is 458. The number of piperidine rings is 1. The largest absolute Gasteiger partial charge is 0.466 e. The van der Waals surface area contributed by atoms with Crippen LogP contribution in [0.2, 0.25) is 0 Å². The lowest BCUT2D eigenvalue weighted by molar-refractivity contribution is -0.148. The third kappa shape index (κ3) is 3.13. The predicted octanol–water partition coefficient (Wildman–Crippen LogP) is 2.28. The Hall–Kier alpha value is -1.84. The number of hydrogen-bond donors (Lipinski definition) is 0. The van der Waals surface area contributed by atoms with E-state index in [4.69, 9.17) is 4.74 Å². The van der Waals surface area contributed by atoms with Crippen molar-refractivity contribution in [3.05, 3.63) is 29.8 Å². The molecule has 0 spiro atoms. The fourth-order valence-corrected chi connectivity index (χ4v) is 2.52. The standard InChI is InChI=1S/C15H19NO3/c1-2-19-15(18)12-7-5-9-16(10-12)14-8-4-3-6-13(14)11-17/h3-4,6,8,11-12H,2,5,7,9-10H2,1H3/t12-/m0/s1. The molecule has 102 valence electrons. The SMILES string of the molecule is CCOC(=O)[C@H]1CCCN(c2ccccc2C=O)C1. The second-order valence-electron chi connectivity index (χ2n) is 4.71. The van der Waals surface area contributed by atoms with E-state index in [0.717, 1.165) is 31.4 Å². The third-order valence-electron chi connectivity index (χ3n) is 3.45. The highest BCUT2D eigenvalue weighted by Gasteiger charge is 2.27. The molecular weight excluding hydrogens is 242 g/mol. The molecule has 1 saturated heterocycles. The summed E-state index contributed by atoms with van der Waals surface area (Å²) >= 11 is 0. The Balaban J connectivity index is 2.12. The van der Waals surface area contributed by atoms with Gasteiger partial charge in [0.2, 0.25) is 0 Å². The average molecular weight is 261 g/mol. The van der Waals surface area contributed by atoms with Crippen molar-refractivity contribution in [3.8, 4) is 0 Å². The molecule has 1 fully saturated rings. The Morgan fingerprint density at radius 3 is 3.00 bits per heavy atom. The molecule has 2 rings (SSSR count). The van der Waals surface area contributed by atoms with Gasteiger partial charge < -0.3 is 9.64 Å². The van der Waals surface area contributed by atoms with Gasteiger partial charge in [0, 0.05) is 24.3 Å². The van der Waals surface area contributed by atoms with Crippen molar-refractivity contribution in [2.24, 2.45) is 5.92 Å². The first-order valence-corrected chi connectivity index (χ1v) is 6.72. The van der Waals surface area contributed by atoms with Crippen molar-refractivity contribution in [1.29, 1.82) is 0 Å². The van der Waals surface area contributed by atoms with Crippen LogP contribution < -0.4 is 4.90 Å². The summed E-state index contributed by atoms with van der Waals surface area (Å²) in [5.41, 5.74) is 1.58. The number of para-hydroxylation sites is 1. The van der Waals surface area contributed by atoms with Crippen LogP contribution in [0.5, 0.6) is 0 Å². The highest BCUT2D eigenvalue weighted by Crippen LogP contribution is 2.26. The van der Waals surface area contributed by atoms with Gasteiger partial charge in [0.15, 0.2) is 6.29 Å². The first-order valence-electron chi connectivity index (χ1n) is 6.72. The van der Waals surface area contributed by atoms with Gasteiger partial charge in [-0.25, -0.2) is 0 Å². The molecule has 0 N–H and O–H groups in total. The van der Waals surface area contributed by atoms with Crippen molar-refractivity contribution in [2.75, 3.05) is 24.6 Å². The van der Waals surface area contributed by atoms with Crippen LogP contribution in [0.25, 0.3) is 0 Å². The van der Waals surface area contributed by atoms with Gasteiger partial charge in [0.25, 0.3) is 0 Å². The number of nitrogens with zero attached hydrogens (tertiary/aromatic N) is 1. The summed E-state index contributed by atoms with van der Waals surface area (Å²) in [5.74, 6) is -0.218. The van der Waals surface area contributed by atoms with Crippen molar-refractivity contribution in [1.82, 2.24) is 0 Å². The molecule has 1 aliphatic rings. The molecule has 0 aromatic heterocycles. The van der Waals surface area contributed by atoms with Gasteiger partial charge in [-0.05, 0) is 31.9 Å². The van der Waals surface area contributed by atoms with Gasteiger partial charge in [0.1, 0.15) is 0 Å². The lowest BCUT2D eigenvalue weighted by Gasteiger charge is -2.33. The van der Waals surface area contributed by atoms with Crippen molar-refractivity contribution in [2.45, 2.75) is 19.8 Å². The molecule has 0 aliphatic carbocycles. The molecule has 19 heavy (non-hydrogen) atoms. The van der Waals surface area contributed by atoms with Gasteiger partial charge in [-0.3, -0.25) is 9.59 Å². The molecule has 1 heterocycles. The first kappa shape index (κ1) is 13.6. The molecule has 0 unspecified atom stereocenters. The minimum Gasteiger partial charge on any atom is -0.466 e. The number of aldehydes is 1. The van der Waals surface area contributed by atoms with Gasteiger partial charge in [-0.1, -0.05) is 12.1 Å². The molecule has 1 aromatic rings. The van der Waals surface area contributed by atoms with E-state index in [1.54, 1.807) is 6.07 Å². The zero-order valence-corrected chi connectivity index (χ0v) is 11.2. The lowest BCUT2D eigenvalue weighted by Crippen LogP contribution is -2.39. The normalized spacial score (nSPS) is 19.0. The van der Waals surface area contributed by atoms with Gasteiger partial charge >= 0.3 is 5.97 Å². The number of rotatable bonds is 4. The third-order valence-corrected chi connectivity index (χ3v) is 3.45. The summed E-state index contributed by atoms with van der Waals surface area (Å²) in [4.78, 5) is 25.0. The summed E-state index contributed by atoms with van der Waals surface area (Å²) in [5, 5.41) is 0. The Labute approximate surface area is 113 Å². The maximum atomic E-state index is 11.8. The van der Waals surface area contributed by atoms with Crippen molar-refractivity contribution < 1.29 is 14.3 Å². The number of benzene rings is 1. The number of anilines is 1. The minimum absolute atomic E-state index is 0.0894. The second-order valence-corrected chi connectivity index (χ2v) is 4.71. The first-order chi connectivity index (χ1) is 9.26. The molecule has 4 heteroatoms. The molecule has 0 saturated carbocycles. The van der Waals surface area contributed by atoms with E-state index in [-0.39, 0.29) is 11.9 Å². The summed E-state index contributed by atoms with van der Waals surface area (Å²) in [6.07, 6.45) is 2.67. The zero-order valence-electron chi connectivity index (χ0n) is 11.2. The zero-order chi connectivity index (χ0) is 13.7. The predicted molar refractivity (Wildman–Crippen MR) is 73.4 cm³/mol. The highest BCUT2D eigenvalue weighted by molar-refractivity contribution is 5.85. The molecular formula is C15H19NO3. The molecule has 1 atom stereocenters. The molecule has 4 nitrogen and oxygen atoms in total. The topological polar surface area (TPSA) is 46.6 Å². The van der Waals surface area contributed by atoms with Crippen LogP contribution in [0, 0.1) is 5.92 Å². The minimum atomic E-state index is -0.129. The number of ether oxygens (including phenoxy) is 1. The second kappa shape index (κ2) is 6.36. The van der Waals surface area contributed by atoms with Crippen LogP contribution in [-0.2, 0) is 9.53 Å². The maximum absolute atomic E-state index is 11.8. The number of carbonyl (C=O) groups is 2. The van der Waals surface area contributed by atoms with Crippen LogP contribution in [0.3, 0.4) is 0 Å². The van der Waals surface area contributed by atoms with E-state index in [2.05, 4.69) is 4.90 Å². The van der Waals surface area contributed by atoms with Crippen LogP contribution in [0.4, 0.5) is 5.69 Å². The maximum Gasteiger partial charge on any atom is 0.310 e. The quantitative estimate of drug-likeness (QED) is 0.616. The van der Waals surface area contributed by atoms with E-state index < -0.39 is 0 Å². The molecule has 0 bridgehead atoms. The van der Waals surface area contributed by atoms with Gasteiger partial charge in [0.05, 0.1) is 12.5 Å². The number of hydrogen-bond acceptors (Lipinski definition) is 4. The molecule has 0 amide bonds. The smallest absolute Gasteiger partial charge is 0.310 e. The van der Waals surface area contributed by atoms with E-state index in [1.165, 1.54) is 0 Å². The van der Waals surface area contributed by atoms with E-state index in [9.17, 15) is 9.59 Å². The van der Waals surface area contributed by atoms with Gasteiger partial charge in [-0.2, -0.15) is 0 Å². The van der Waals surface area contributed by atoms with Crippen LogP contribution in [0.1, 0.15) is 30.1 Å². The number of carbonyl (C=O) groups excluding carboxylic acids is 2. The summed E-state index contributed by atoms with van der Waals surface area (Å²) < 4.78 is 5.09. The Morgan fingerprint density at radius 2 is 2.26 bits per heavy atom. The highest BCUT2D eigenvalue weighted by atomic mass is 16.5. The fraction of sp³-hybridized carbons (Fsp3) is 0.467. The lowest BCUT2D eigenvalue weighted by atomic mass is 9.97. The average Bonchev–Trinajstić information content (AvgIpc) is 2.47. The van der Waals surface area contributed by atoms with Crippen LogP contribution in [0.15, 0.2) is 24.3 Å². The Morgan fingerprint density at radius 1 is 1.47 bits per heavy atom. The van der Waals surface area contributed by atoms with Gasteiger partial charge in [-0.15, -0.1) is 0 Å². The summed E-state index contributed by atoms with van der Waals surface area (Å²) in [7, 11) is 0. The number of esters is 1. The summed E-state index contributed by atoms with van der Waals surface area (Å²) in [6, 6.07) is 7.49. The monoisotopic (exact) mass is 261 g/mol. The van der Waals surface area contributed by atoms with E-state index >= 15 is 0 Å². The van der Waals surface area contributed by atoms with Crippen LogP contribution >= 0.6 is 0 Å². The molecule has 0 radical (unpaired) electrons. The Kier molecular flexibility index (Phi) is 4.55. The summed E-state index contributed by atoms with van der Waals surface area (Å²) in [6.45, 7) is 3.74. The van der Waals surface area contributed by atoms with Crippen molar-refractivity contribution >= 4 is 17.9 Å². The van der Waals surface area contributed by atoms with Crippen molar-refractivity contribution in [3.63, 3.8) is 0 Å². The van der Waals surface area contributed by atoms with E-state index in [1.807, 2.05) is 25.1 Å². The fourth-order valence-electron chi connectivity index (χ4n) is 2.52. The molecule has 1 aromatic carbocycles. The van der Waals surface area contributed by atoms with Crippen LogP contribution in [-0.4, -0.2) is 32.0 Å².